The van der Waals surface area contributed by atoms with E-state index in [1.807, 2.05) is 0 Å². The molecule has 0 fully saturated rings. The summed E-state index contributed by atoms with van der Waals surface area (Å²) in [7, 11) is 1.43. The van der Waals surface area contributed by atoms with E-state index in [2.05, 4.69) is 29.9 Å². The number of methoxy groups -OCH3 is 4. The van der Waals surface area contributed by atoms with E-state index in [1.54, 1.807) is 43.3 Å². The predicted octanol–water partition coefficient (Wildman–Crippen LogP) is 2.33. The molecule has 3 aromatic heterocycles. The molecule has 14 nitrogen and oxygen atoms in total. The summed E-state index contributed by atoms with van der Waals surface area (Å²) in [6.45, 7) is 3.02. The number of pyridine rings is 1. The van der Waals surface area contributed by atoms with Crippen molar-refractivity contribution in [1.82, 2.24) is 29.7 Å². The van der Waals surface area contributed by atoms with Crippen LogP contribution in [0.15, 0.2) is 42.6 Å². The summed E-state index contributed by atoms with van der Waals surface area (Å²) < 4.78 is 52.6. The number of aromatic nitrogens is 6. The molecular weight excluding hydrogens is 542 g/mol. The van der Waals surface area contributed by atoms with E-state index in [0.29, 0.717) is 34.5 Å². The van der Waals surface area contributed by atoms with Crippen LogP contribution in [0.25, 0.3) is 17.2 Å². The van der Waals surface area contributed by atoms with E-state index in [1.165, 1.54) is 46.1 Å². The van der Waals surface area contributed by atoms with Crippen molar-refractivity contribution >= 4 is 16.0 Å². The molecular formula is C25H29N7O7S. The second kappa shape index (κ2) is 11.7. The molecule has 0 aliphatic carbocycles. The van der Waals surface area contributed by atoms with Crippen LogP contribution in [0.5, 0.6) is 23.3 Å². The van der Waals surface area contributed by atoms with Crippen LogP contribution in [0.3, 0.4) is 0 Å². The minimum Gasteiger partial charge on any atom is -0.494 e. The predicted molar refractivity (Wildman–Crippen MR) is 145 cm³/mol. The van der Waals surface area contributed by atoms with Gasteiger partial charge in [0.1, 0.15) is 39.9 Å². The minimum absolute atomic E-state index is 0.0165. The van der Waals surface area contributed by atoms with Crippen LogP contribution >= 0.6 is 0 Å². The van der Waals surface area contributed by atoms with E-state index in [-0.39, 0.29) is 23.3 Å². The van der Waals surface area contributed by atoms with Crippen LogP contribution in [0.1, 0.15) is 24.4 Å². The lowest BCUT2D eigenvalue weighted by Gasteiger charge is -2.22. The van der Waals surface area contributed by atoms with Crippen LogP contribution in [0.4, 0.5) is 5.95 Å². The highest BCUT2D eigenvalue weighted by Gasteiger charge is 2.35. The monoisotopic (exact) mass is 571 g/mol. The van der Waals surface area contributed by atoms with Crippen molar-refractivity contribution in [2.24, 2.45) is 0 Å². The Hall–Kier alpha value is -4.50. The molecule has 0 amide bonds. The number of benzene rings is 1. The van der Waals surface area contributed by atoms with Crippen LogP contribution in [-0.2, 0) is 10.0 Å². The lowest BCUT2D eigenvalue weighted by atomic mass is 10.2. The quantitative estimate of drug-likeness (QED) is 0.269. The van der Waals surface area contributed by atoms with Gasteiger partial charge < -0.3 is 24.1 Å². The molecule has 0 saturated heterocycles. The Morgan fingerprint density at radius 3 is 2.23 bits per heavy atom. The fraction of sp³-hybridized carbons (Fsp3) is 0.320. The Kier molecular flexibility index (Phi) is 8.35. The summed E-state index contributed by atoms with van der Waals surface area (Å²) in [4.78, 5) is 12.7. The van der Waals surface area contributed by atoms with E-state index in [0.717, 1.165) is 0 Å². The van der Waals surface area contributed by atoms with Gasteiger partial charge in [-0.05, 0) is 32.0 Å². The van der Waals surface area contributed by atoms with Gasteiger partial charge in [-0.15, -0.1) is 10.2 Å². The summed E-state index contributed by atoms with van der Waals surface area (Å²) in [5, 5.41) is 17.9. The topological polar surface area (TPSA) is 173 Å². The number of nitrogens with one attached hydrogen (secondary N) is 1. The molecule has 0 spiro atoms. The van der Waals surface area contributed by atoms with Gasteiger partial charge in [0.2, 0.25) is 27.7 Å². The SMILES string of the molecule is COc1cccc(-c2nnc(NS(=O)(=O)[C@H](C)[C@@H](O)c3ncc(C)nc3OC)n2-c2c(OC)cccc2OC)n1. The van der Waals surface area contributed by atoms with Gasteiger partial charge in [-0.3, -0.25) is 14.3 Å². The smallest absolute Gasteiger partial charge is 0.243 e. The first-order valence-corrected chi connectivity index (χ1v) is 13.4. The zero-order valence-electron chi connectivity index (χ0n) is 22.7. The lowest BCUT2D eigenvalue weighted by molar-refractivity contribution is 0.165. The molecule has 0 aliphatic heterocycles. The summed E-state index contributed by atoms with van der Waals surface area (Å²) in [6, 6.07) is 10.1. The number of ether oxygens (including phenoxy) is 4. The molecule has 2 atom stereocenters. The van der Waals surface area contributed by atoms with Crippen molar-refractivity contribution < 1.29 is 32.5 Å². The highest BCUT2D eigenvalue weighted by molar-refractivity contribution is 7.93. The molecule has 0 bridgehead atoms. The molecule has 1 aromatic carbocycles. The summed E-state index contributed by atoms with van der Waals surface area (Å²) in [5.74, 6) is 0.976. The van der Waals surface area contributed by atoms with Crippen molar-refractivity contribution in [3.63, 3.8) is 0 Å². The van der Waals surface area contributed by atoms with Gasteiger partial charge in [0.15, 0.2) is 5.82 Å². The summed E-state index contributed by atoms with van der Waals surface area (Å²) in [5.41, 5.74) is 1.16. The first-order chi connectivity index (χ1) is 19.1. The van der Waals surface area contributed by atoms with Crippen molar-refractivity contribution in [3.8, 4) is 40.5 Å². The molecule has 3 heterocycles. The van der Waals surface area contributed by atoms with E-state index in [4.69, 9.17) is 18.9 Å². The average molecular weight is 572 g/mol. The van der Waals surface area contributed by atoms with Gasteiger partial charge in [0, 0.05) is 12.3 Å². The van der Waals surface area contributed by atoms with Crippen LogP contribution in [0.2, 0.25) is 0 Å². The molecule has 2 N–H and O–H groups in total. The maximum Gasteiger partial charge on any atom is 0.243 e. The fourth-order valence-electron chi connectivity index (χ4n) is 3.86. The second-order valence-corrected chi connectivity index (χ2v) is 10.5. The second-order valence-electron chi connectivity index (χ2n) is 8.46. The standard InChI is InChI=1S/C25H29N7O7S/c1-14-13-26-20(24(27-14)39-6)22(33)15(2)40(34,35)31-25-30-29-23(16-9-7-12-19(28-16)38-5)32(25)21-17(36-3)10-8-11-18(21)37-4/h7-13,15,22,33H,1-6H3,(H,30,31)/t15-,22-/m1/s1. The number of aryl methyl sites for hydroxylation is 1. The number of nitrogens with zero attached hydrogens (tertiary/aromatic N) is 6. The molecule has 15 heteroatoms. The maximum atomic E-state index is 13.6. The third-order valence-electron chi connectivity index (χ3n) is 5.98. The molecule has 0 radical (unpaired) electrons. The van der Waals surface area contributed by atoms with E-state index < -0.39 is 21.4 Å². The normalized spacial score (nSPS) is 12.9. The van der Waals surface area contributed by atoms with Gasteiger partial charge in [0.25, 0.3) is 0 Å². The van der Waals surface area contributed by atoms with Gasteiger partial charge in [0.05, 0.1) is 34.1 Å². The van der Waals surface area contributed by atoms with Crippen molar-refractivity contribution in [2.75, 3.05) is 33.2 Å². The summed E-state index contributed by atoms with van der Waals surface area (Å²) >= 11 is 0. The van der Waals surface area contributed by atoms with Gasteiger partial charge in [-0.2, -0.15) is 0 Å². The zero-order valence-corrected chi connectivity index (χ0v) is 23.5. The largest absolute Gasteiger partial charge is 0.494 e. The number of hydrogen-bond acceptors (Lipinski definition) is 12. The molecule has 4 rings (SSSR count). The van der Waals surface area contributed by atoms with Crippen molar-refractivity contribution in [2.45, 2.75) is 25.2 Å². The van der Waals surface area contributed by atoms with Crippen molar-refractivity contribution in [3.05, 3.63) is 54.0 Å². The number of aliphatic hydroxyl groups is 1. The third kappa shape index (κ3) is 5.46. The van der Waals surface area contributed by atoms with E-state index >= 15 is 0 Å². The maximum absolute atomic E-state index is 13.6. The third-order valence-corrected chi connectivity index (χ3v) is 7.68. The number of para-hydroxylation sites is 1. The van der Waals surface area contributed by atoms with Crippen LogP contribution < -0.4 is 23.7 Å². The molecule has 0 unspecified atom stereocenters. The highest BCUT2D eigenvalue weighted by Crippen LogP contribution is 2.38. The molecule has 0 saturated carbocycles. The zero-order chi connectivity index (χ0) is 29.0. The Bertz CT molecular complexity index is 1590. The summed E-state index contributed by atoms with van der Waals surface area (Å²) in [6.07, 6.45) is -0.177. The number of anilines is 1. The molecule has 4 aromatic rings. The lowest BCUT2D eigenvalue weighted by Crippen LogP contribution is -2.32. The van der Waals surface area contributed by atoms with Crippen LogP contribution in [0, 0.1) is 6.92 Å². The minimum atomic E-state index is -4.32. The van der Waals surface area contributed by atoms with Gasteiger partial charge >= 0.3 is 0 Å². The number of sulfonamides is 1. The average Bonchev–Trinajstić information content (AvgIpc) is 3.37. The van der Waals surface area contributed by atoms with E-state index in [9.17, 15) is 13.5 Å². The van der Waals surface area contributed by atoms with Gasteiger partial charge in [-0.25, -0.2) is 18.4 Å². The fourth-order valence-corrected chi connectivity index (χ4v) is 4.90. The Morgan fingerprint density at radius 1 is 0.925 bits per heavy atom. The number of rotatable bonds is 11. The first kappa shape index (κ1) is 28.5. The molecule has 40 heavy (non-hydrogen) atoms. The first-order valence-electron chi connectivity index (χ1n) is 11.9. The number of aliphatic hydroxyl groups excluding tert-OH is 1. The van der Waals surface area contributed by atoms with Crippen molar-refractivity contribution in [1.29, 1.82) is 0 Å². The molecule has 0 aliphatic rings. The van der Waals surface area contributed by atoms with Crippen LogP contribution in [-0.4, -0.2) is 76.9 Å². The molecule has 212 valence electrons. The van der Waals surface area contributed by atoms with Gasteiger partial charge in [-0.1, -0.05) is 12.1 Å². The Balaban J connectivity index is 1.84. The Labute approximate surface area is 231 Å². The number of hydrogen-bond donors (Lipinski definition) is 2. The Morgan fingerprint density at radius 2 is 1.60 bits per heavy atom. The highest BCUT2D eigenvalue weighted by atomic mass is 32.2.